The Morgan fingerprint density at radius 1 is 1.04 bits per heavy atom. The average Bonchev–Trinajstić information content (AvgIpc) is 2.72. The number of piperidine rings is 1. The Morgan fingerprint density at radius 3 is 2.57 bits per heavy atom. The first-order valence-corrected chi connectivity index (χ1v) is 9.55. The van der Waals surface area contributed by atoms with E-state index in [1.165, 1.54) is 0 Å². The van der Waals surface area contributed by atoms with Crippen molar-refractivity contribution in [1.29, 1.82) is 0 Å². The molecule has 1 aliphatic rings. The Bertz CT molecular complexity index is 866. The lowest BCUT2D eigenvalue weighted by molar-refractivity contribution is -0.121. The van der Waals surface area contributed by atoms with Gasteiger partial charge in [-0.05, 0) is 56.0 Å². The summed E-state index contributed by atoms with van der Waals surface area (Å²) in [6.07, 6.45) is 1.57. The number of likely N-dealkylation sites (tertiary alicyclic amines) is 1. The van der Waals surface area contributed by atoms with Gasteiger partial charge in [-0.15, -0.1) is 0 Å². The predicted molar refractivity (Wildman–Crippen MR) is 111 cm³/mol. The number of benzene rings is 2. The molecular weight excluding hydrogens is 354 g/mol. The Labute approximate surface area is 165 Å². The standard InChI is InChI=1S/C22H27N3O3/c1-15-8-6-11-18(16(15)2)23-21(26)17-9-7-13-25(14-17)22(27)24-19-10-4-5-12-20(19)28-3/h4-6,8,10-12,17H,7,9,13-14H2,1-3H3,(H,23,26)(H,24,27)/t17-/m1/s1. The highest BCUT2D eigenvalue weighted by Crippen LogP contribution is 2.25. The molecule has 0 saturated carbocycles. The fraction of sp³-hybridized carbons (Fsp3) is 0.364. The van der Waals surface area contributed by atoms with Gasteiger partial charge in [0.2, 0.25) is 5.91 Å². The smallest absolute Gasteiger partial charge is 0.321 e. The quantitative estimate of drug-likeness (QED) is 0.834. The van der Waals surface area contributed by atoms with Crippen LogP contribution in [0.1, 0.15) is 24.0 Å². The van der Waals surface area contributed by atoms with E-state index in [9.17, 15) is 9.59 Å². The number of nitrogens with one attached hydrogen (secondary N) is 2. The van der Waals surface area contributed by atoms with Gasteiger partial charge in [-0.25, -0.2) is 4.79 Å². The summed E-state index contributed by atoms with van der Waals surface area (Å²) >= 11 is 0. The van der Waals surface area contributed by atoms with E-state index in [4.69, 9.17) is 4.74 Å². The number of nitrogens with zero attached hydrogens (tertiary/aromatic N) is 1. The normalized spacial score (nSPS) is 16.4. The average molecular weight is 381 g/mol. The first kappa shape index (κ1) is 19.7. The number of methoxy groups -OCH3 is 1. The van der Waals surface area contributed by atoms with Crippen molar-refractivity contribution < 1.29 is 14.3 Å². The molecule has 0 radical (unpaired) electrons. The molecule has 0 aliphatic carbocycles. The third kappa shape index (κ3) is 4.44. The topological polar surface area (TPSA) is 70.7 Å². The van der Waals surface area contributed by atoms with E-state index in [2.05, 4.69) is 10.6 Å². The van der Waals surface area contributed by atoms with Gasteiger partial charge in [0, 0.05) is 18.8 Å². The molecule has 2 aromatic carbocycles. The third-order valence-electron chi connectivity index (χ3n) is 5.29. The molecule has 1 saturated heterocycles. The van der Waals surface area contributed by atoms with Crippen molar-refractivity contribution in [3.8, 4) is 5.75 Å². The molecular formula is C22H27N3O3. The molecule has 148 valence electrons. The Balaban J connectivity index is 1.64. The molecule has 3 rings (SSSR count). The van der Waals surface area contributed by atoms with Crippen LogP contribution in [0.5, 0.6) is 5.75 Å². The lowest BCUT2D eigenvalue weighted by Crippen LogP contribution is -2.45. The summed E-state index contributed by atoms with van der Waals surface area (Å²) < 4.78 is 5.28. The molecule has 1 heterocycles. The molecule has 0 bridgehead atoms. The van der Waals surface area contributed by atoms with Gasteiger partial charge in [0.1, 0.15) is 5.75 Å². The maximum atomic E-state index is 12.8. The van der Waals surface area contributed by atoms with Crippen molar-refractivity contribution in [2.45, 2.75) is 26.7 Å². The number of hydrogen-bond donors (Lipinski definition) is 2. The van der Waals surface area contributed by atoms with Crippen LogP contribution in [0.25, 0.3) is 0 Å². The molecule has 1 aliphatic heterocycles. The Hall–Kier alpha value is -3.02. The van der Waals surface area contributed by atoms with Crippen LogP contribution in [0.4, 0.5) is 16.2 Å². The van der Waals surface area contributed by atoms with Crippen molar-refractivity contribution in [3.05, 3.63) is 53.6 Å². The Kier molecular flexibility index (Phi) is 6.19. The number of urea groups is 1. The minimum absolute atomic E-state index is 0.0384. The number of anilines is 2. The number of aryl methyl sites for hydroxylation is 1. The van der Waals surface area contributed by atoms with Gasteiger partial charge < -0.3 is 20.3 Å². The maximum Gasteiger partial charge on any atom is 0.321 e. The van der Waals surface area contributed by atoms with Gasteiger partial charge >= 0.3 is 6.03 Å². The summed E-state index contributed by atoms with van der Waals surface area (Å²) in [4.78, 5) is 27.2. The van der Waals surface area contributed by atoms with Gasteiger partial charge in [-0.1, -0.05) is 24.3 Å². The van der Waals surface area contributed by atoms with E-state index < -0.39 is 0 Å². The fourth-order valence-corrected chi connectivity index (χ4v) is 3.44. The molecule has 6 heteroatoms. The molecule has 0 aromatic heterocycles. The largest absolute Gasteiger partial charge is 0.495 e. The molecule has 0 unspecified atom stereocenters. The highest BCUT2D eigenvalue weighted by Gasteiger charge is 2.29. The van der Waals surface area contributed by atoms with E-state index in [0.29, 0.717) is 24.5 Å². The van der Waals surface area contributed by atoms with Crippen LogP contribution in [0, 0.1) is 19.8 Å². The summed E-state index contributed by atoms with van der Waals surface area (Å²) in [7, 11) is 1.57. The van der Waals surface area contributed by atoms with Crippen molar-refractivity contribution >= 4 is 23.3 Å². The van der Waals surface area contributed by atoms with E-state index in [-0.39, 0.29) is 17.9 Å². The SMILES string of the molecule is COc1ccccc1NC(=O)N1CCC[C@@H](C(=O)Nc2cccc(C)c2C)C1. The first-order valence-electron chi connectivity index (χ1n) is 9.55. The number of ether oxygens (including phenoxy) is 1. The van der Waals surface area contributed by atoms with Crippen LogP contribution < -0.4 is 15.4 Å². The Morgan fingerprint density at radius 2 is 1.79 bits per heavy atom. The highest BCUT2D eigenvalue weighted by atomic mass is 16.5. The zero-order valence-electron chi connectivity index (χ0n) is 16.6. The monoisotopic (exact) mass is 381 g/mol. The van der Waals surface area contributed by atoms with Crippen molar-refractivity contribution in [2.75, 3.05) is 30.8 Å². The second-order valence-electron chi connectivity index (χ2n) is 7.15. The molecule has 3 amide bonds. The van der Waals surface area contributed by atoms with Gasteiger partial charge in [0.15, 0.2) is 0 Å². The minimum atomic E-state index is -0.225. The predicted octanol–water partition coefficient (Wildman–Crippen LogP) is 4.19. The van der Waals surface area contributed by atoms with Crippen LogP contribution in [-0.4, -0.2) is 37.0 Å². The van der Waals surface area contributed by atoms with Gasteiger partial charge in [0.05, 0.1) is 18.7 Å². The van der Waals surface area contributed by atoms with Crippen LogP contribution in [0.15, 0.2) is 42.5 Å². The lowest BCUT2D eigenvalue weighted by atomic mass is 9.97. The highest BCUT2D eigenvalue weighted by molar-refractivity contribution is 5.95. The minimum Gasteiger partial charge on any atom is -0.495 e. The summed E-state index contributed by atoms with van der Waals surface area (Å²) in [5, 5.41) is 5.92. The molecule has 2 N–H and O–H groups in total. The van der Waals surface area contributed by atoms with Gasteiger partial charge in [0.25, 0.3) is 0 Å². The van der Waals surface area contributed by atoms with E-state index in [1.54, 1.807) is 24.1 Å². The van der Waals surface area contributed by atoms with Crippen LogP contribution >= 0.6 is 0 Å². The summed E-state index contributed by atoms with van der Waals surface area (Å²) in [6, 6.07) is 12.9. The molecule has 1 atom stereocenters. The molecule has 6 nitrogen and oxygen atoms in total. The zero-order valence-corrected chi connectivity index (χ0v) is 16.6. The molecule has 2 aromatic rings. The summed E-state index contributed by atoms with van der Waals surface area (Å²) in [6.45, 7) is 5.06. The number of rotatable bonds is 4. The number of para-hydroxylation sites is 2. The summed E-state index contributed by atoms with van der Waals surface area (Å²) in [5.74, 6) is 0.345. The van der Waals surface area contributed by atoms with E-state index >= 15 is 0 Å². The molecule has 0 spiro atoms. The van der Waals surface area contributed by atoms with Gasteiger partial charge in [-0.2, -0.15) is 0 Å². The second-order valence-corrected chi connectivity index (χ2v) is 7.15. The van der Waals surface area contributed by atoms with E-state index in [1.807, 2.05) is 44.2 Å². The van der Waals surface area contributed by atoms with Crippen LogP contribution in [0.2, 0.25) is 0 Å². The number of amides is 3. The van der Waals surface area contributed by atoms with Crippen molar-refractivity contribution in [3.63, 3.8) is 0 Å². The number of carbonyl (C=O) groups is 2. The van der Waals surface area contributed by atoms with Gasteiger partial charge in [-0.3, -0.25) is 4.79 Å². The van der Waals surface area contributed by atoms with Crippen molar-refractivity contribution in [2.24, 2.45) is 5.92 Å². The maximum absolute atomic E-state index is 12.8. The number of hydrogen-bond acceptors (Lipinski definition) is 3. The molecule has 1 fully saturated rings. The number of carbonyl (C=O) groups excluding carboxylic acids is 2. The van der Waals surface area contributed by atoms with Crippen LogP contribution in [-0.2, 0) is 4.79 Å². The fourth-order valence-electron chi connectivity index (χ4n) is 3.44. The van der Waals surface area contributed by atoms with E-state index in [0.717, 1.165) is 29.7 Å². The first-order chi connectivity index (χ1) is 13.5. The second kappa shape index (κ2) is 8.78. The van der Waals surface area contributed by atoms with Crippen LogP contribution in [0.3, 0.4) is 0 Å². The molecule has 28 heavy (non-hydrogen) atoms. The third-order valence-corrected chi connectivity index (χ3v) is 5.29. The zero-order chi connectivity index (χ0) is 20.1. The van der Waals surface area contributed by atoms with Crippen molar-refractivity contribution in [1.82, 2.24) is 4.90 Å². The summed E-state index contributed by atoms with van der Waals surface area (Å²) in [5.41, 5.74) is 3.66. The lowest BCUT2D eigenvalue weighted by Gasteiger charge is -2.32.